The number of ether oxygens (including phenoxy) is 1. The Hall–Kier alpha value is -2.05. The van der Waals surface area contributed by atoms with Crippen molar-refractivity contribution in [1.82, 2.24) is 4.90 Å². The van der Waals surface area contributed by atoms with E-state index in [4.69, 9.17) is 10.00 Å². The molecule has 0 bridgehead atoms. The fourth-order valence-electron chi connectivity index (χ4n) is 3.47. The van der Waals surface area contributed by atoms with E-state index in [0.29, 0.717) is 0 Å². The summed E-state index contributed by atoms with van der Waals surface area (Å²) in [4.78, 5) is 2.12. The molecule has 3 rings (SSSR count). The lowest BCUT2D eigenvalue weighted by Crippen LogP contribution is -2.46. The monoisotopic (exact) mass is 280 g/mol. The number of nitriles is 1. The lowest BCUT2D eigenvalue weighted by Gasteiger charge is -2.42. The molecule has 0 spiro atoms. The number of rotatable bonds is 1. The summed E-state index contributed by atoms with van der Waals surface area (Å²) in [5.74, 6) is 0. The van der Waals surface area contributed by atoms with E-state index in [1.807, 2.05) is 38.2 Å². The van der Waals surface area contributed by atoms with Crippen LogP contribution in [0.1, 0.15) is 33.3 Å². The molecule has 1 aromatic carbocycles. The molecule has 0 aliphatic carbocycles. The number of allylic oxidation sites excluding steroid dienone is 1. The van der Waals surface area contributed by atoms with Crippen LogP contribution in [0.3, 0.4) is 0 Å². The first-order valence-corrected chi connectivity index (χ1v) is 7.20. The Morgan fingerprint density at radius 1 is 1.14 bits per heavy atom. The van der Waals surface area contributed by atoms with Gasteiger partial charge < -0.3 is 9.64 Å². The van der Waals surface area contributed by atoms with Gasteiger partial charge in [-0.2, -0.15) is 5.26 Å². The van der Waals surface area contributed by atoms with Gasteiger partial charge in [0, 0.05) is 23.3 Å². The number of hydrogen-bond acceptors (Lipinski definition) is 3. The van der Waals surface area contributed by atoms with Crippen molar-refractivity contribution in [3.63, 3.8) is 0 Å². The van der Waals surface area contributed by atoms with Crippen LogP contribution in [-0.4, -0.2) is 10.5 Å². The molecular formula is C18H20N2O. The smallest absolute Gasteiger partial charge is 0.180 e. The second kappa shape index (κ2) is 4.22. The molecule has 2 aliphatic rings. The van der Waals surface area contributed by atoms with Crippen molar-refractivity contribution in [1.29, 1.82) is 5.26 Å². The molecule has 108 valence electrons. The molecule has 0 saturated carbocycles. The normalized spacial score (nSPS) is 30.4. The molecule has 1 aromatic rings. The molecule has 1 unspecified atom stereocenters. The molecule has 0 N–H and O–H groups in total. The van der Waals surface area contributed by atoms with Crippen molar-refractivity contribution >= 4 is 0 Å². The van der Waals surface area contributed by atoms with E-state index in [0.717, 1.165) is 11.3 Å². The topological polar surface area (TPSA) is 36.3 Å². The maximum absolute atomic E-state index is 9.13. The Morgan fingerprint density at radius 2 is 1.81 bits per heavy atom. The van der Waals surface area contributed by atoms with Gasteiger partial charge in [-0.1, -0.05) is 50.3 Å². The number of nitrogens with zero attached hydrogens (tertiary/aromatic N) is 2. The molecule has 1 atom stereocenters. The van der Waals surface area contributed by atoms with Crippen molar-refractivity contribution in [3.05, 3.63) is 59.9 Å². The van der Waals surface area contributed by atoms with Gasteiger partial charge in [0.1, 0.15) is 5.60 Å². The third kappa shape index (κ3) is 1.69. The molecule has 1 saturated heterocycles. The van der Waals surface area contributed by atoms with Crippen LogP contribution in [0.5, 0.6) is 0 Å². The van der Waals surface area contributed by atoms with Gasteiger partial charge in [0.2, 0.25) is 0 Å². The first-order chi connectivity index (χ1) is 9.85. The summed E-state index contributed by atoms with van der Waals surface area (Å²) in [5.41, 5.74) is 0.704. The molecular weight excluding hydrogens is 260 g/mol. The van der Waals surface area contributed by atoms with Gasteiger partial charge >= 0.3 is 0 Å². The van der Waals surface area contributed by atoms with Crippen LogP contribution in [0.2, 0.25) is 0 Å². The summed E-state index contributed by atoms with van der Waals surface area (Å²) < 4.78 is 6.57. The average Bonchev–Trinajstić information content (AvgIpc) is 2.82. The zero-order valence-electron chi connectivity index (χ0n) is 12.9. The van der Waals surface area contributed by atoms with Gasteiger partial charge in [0.15, 0.2) is 5.72 Å². The van der Waals surface area contributed by atoms with Crippen molar-refractivity contribution in [2.75, 3.05) is 0 Å². The van der Waals surface area contributed by atoms with Gasteiger partial charge in [0.25, 0.3) is 0 Å². The second-order valence-corrected chi connectivity index (χ2v) is 6.69. The van der Waals surface area contributed by atoms with Gasteiger partial charge in [-0.3, -0.25) is 0 Å². The van der Waals surface area contributed by atoms with Gasteiger partial charge in [-0.05, 0) is 13.8 Å². The van der Waals surface area contributed by atoms with Crippen LogP contribution < -0.4 is 0 Å². The molecule has 1 fully saturated rings. The van der Waals surface area contributed by atoms with E-state index in [2.05, 4.69) is 43.0 Å². The predicted octanol–water partition coefficient (Wildman–Crippen LogP) is 3.91. The maximum atomic E-state index is 9.13. The first-order valence-electron chi connectivity index (χ1n) is 7.20. The molecule has 3 heteroatoms. The highest BCUT2D eigenvalue weighted by molar-refractivity contribution is 5.40. The van der Waals surface area contributed by atoms with Gasteiger partial charge in [-0.15, -0.1) is 0 Å². The first kappa shape index (κ1) is 13.9. The van der Waals surface area contributed by atoms with E-state index < -0.39 is 11.3 Å². The summed E-state index contributed by atoms with van der Waals surface area (Å²) in [6.45, 7) is 8.37. The largest absolute Gasteiger partial charge is 0.338 e. The van der Waals surface area contributed by atoms with Crippen molar-refractivity contribution in [2.45, 2.75) is 39.0 Å². The SMILES string of the molecule is CC1(C)OC2(c3ccccc3)N(C=CC2(C)C)/C1=C\C#N. The molecule has 0 aromatic heterocycles. The lowest BCUT2D eigenvalue weighted by molar-refractivity contribution is -0.169. The Labute approximate surface area is 126 Å². The molecule has 0 radical (unpaired) electrons. The zero-order chi connectivity index (χ0) is 15.3. The van der Waals surface area contributed by atoms with Crippen LogP contribution >= 0.6 is 0 Å². The highest BCUT2D eigenvalue weighted by Gasteiger charge is 2.63. The zero-order valence-corrected chi connectivity index (χ0v) is 12.9. The van der Waals surface area contributed by atoms with Crippen molar-refractivity contribution < 1.29 is 4.74 Å². The Morgan fingerprint density at radius 3 is 2.43 bits per heavy atom. The third-order valence-corrected chi connectivity index (χ3v) is 4.50. The second-order valence-electron chi connectivity index (χ2n) is 6.69. The molecule has 21 heavy (non-hydrogen) atoms. The number of hydrogen-bond donors (Lipinski definition) is 0. The maximum Gasteiger partial charge on any atom is 0.180 e. The van der Waals surface area contributed by atoms with Crippen molar-refractivity contribution in [2.24, 2.45) is 5.41 Å². The summed E-state index contributed by atoms with van der Waals surface area (Å²) in [6.07, 6.45) is 5.79. The summed E-state index contributed by atoms with van der Waals surface area (Å²) >= 11 is 0. The Bertz CT molecular complexity index is 664. The van der Waals surface area contributed by atoms with Gasteiger partial charge in [-0.25, -0.2) is 0 Å². The molecule has 2 aliphatic heterocycles. The quantitative estimate of drug-likeness (QED) is 0.732. The average molecular weight is 280 g/mol. The van der Waals surface area contributed by atoms with E-state index in [9.17, 15) is 0 Å². The number of benzene rings is 1. The fourth-order valence-corrected chi connectivity index (χ4v) is 3.47. The Balaban J connectivity index is 2.26. The lowest BCUT2D eigenvalue weighted by atomic mass is 9.78. The summed E-state index contributed by atoms with van der Waals surface area (Å²) in [6, 6.07) is 12.4. The van der Waals surface area contributed by atoms with Gasteiger partial charge in [0.05, 0.1) is 11.8 Å². The molecule has 0 amide bonds. The minimum atomic E-state index is -0.597. The van der Waals surface area contributed by atoms with E-state index >= 15 is 0 Å². The van der Waals surface area contributed by atoms with Crippen molar-refractivity contribution in [3.8, 4) is 6.07 Å². The standard InChI is InChI=1S/C18H20N2O/c1-16(2)11-13-20-15(10-12-19)17(3,4)21-18(16,20)14-8-6-5-7-9-14/h5-11,13H,1-4H3/b15-10-. The molecule has 2 heterocycles. The van der Waals surface area contributed by atoms with Crippen LogP contribution in [0.25, 0.3) is 0 Å². The number of fused-ring (bicyclic) bond motifs is 1. The predicted molar refractivity (Wildman–Crippen MR) is 81.7 cm³/mol. The van der Waals surface area contributed by atoms with E-state index in [1.54, 1.807) is 6.08 Å². The minimum absolute atomic E-state index is 0.198. The van der Waals surface area contributed by atoms with Crippen LogP contribution in [0, 0.1) is 16.7 Å². The molecule has 3 nitrogen and oxygen atoms in total. The van der Waals surface area contributed by atoms with E-state index in [-0.39, 0.29) is 5.41 Å². The fraction of sp³-hybridized carbons (Fsp3) is 0.389. The highest BCUT2D eigenvalue weighted by atomic mass is 16.6. The van der Waals surface area contributed by atoms with Crippen LogP contribution in [-0.2, 0) is 10.5 Å². The third-order valence-electron chi connectivity index (χ3n) is 4.50. The van der Waals surface area contributed by atoms with Crippen LogP contribution in [0.15, 0.2) is 54.4 Å². The Kier molecular flexibility index (Phi) is 2.80. The van der Waals surface area contributed by atoms with E-state index in [1.165, 1.54) is 0 Å². The summed E-state index contributed by atoms with van der Waals surface area (Å²) in [5, 5.41) is 9.13. The summed E-state index contributed by atoms with van der Waals surface area (Å²) in [7, 11) is 0. The highest BCUT2D eigenvalue weighted by Crippen LogP contribution is 2.60. The minimum Gasteiger partial charge on any atom is -0.338 e. The van der Waals surface area contributed by atoms with Crippen LogP contribution in [0.4, 0.5) is 0 Å².